The first kappa shape index (κ1) is 26.9. The SMILES string of the molecule is COc1ccc(C2c3c(nc4sc(C)nn34)CCN2C(=O)COc2ccc(CN3CCOCC3)cc2Cl)c(F)c1. The van der Waals surface area contributed by atoms with E-state index in [9.17, 15) is 4.79 Å². The van der Waals surface area contributed by atoms with Crippen molar-refractivity contribution in [1.29, 1.82) is 0 Å². The molecule has 0 spiro atoms. The van der Waals surface area contributed by atoms with Gasteiger partial charge in [0, 0.05) is 44.2 Å². The lowest BCUT2D eigenvalue weighted by molar-refractivity contribution is -0.135. The lowest BCUT2D eigenvalue weighted by atomic mass is 9.95. The summed E-state index contributed by atoms with van der Waals surface area (Å²) in [5.74, 6) is 0.0542. The van der Waals surface area contributed by atoms with Gasteiger partial charge in [-0.2, -0.15) is 5.10 Å². The molecule has 6 rings (SSSR count). The van der Waals surface area contributed by atoms with Crippen molar-refractivity contribution in [3.8, 4) is 11.5 Å². The molecule has 2 aliphatic rings. The van der Waals surface area contributed by atoms with Crippen LogP contribution in [0.3, 0.4) is 0 Å². The van der Waals surface area contributed by atoms with E-state index in [4.69, 9.17) is 30.8 Å². The topological polar surface area (TPSA) is 81.4 Å². The number of carbonyl (C=O) groups excluding carboxylic acids is 1. The number of aryl methyl sites for hydroxylation is 1. The molecule has 0 radical (unpaired) electrons. The number of methoxy groups -OCH3 is 1. The third-order valence-electron chi connectivity index (χ3n) is 7.26. The van der Waals surface area contributed by atoms with E-state index in [1.54, 1.807) is 27.6 Å². The van der Waals surface area contributed by atoms with Gasteiger partial charge < -0.3 is 19.1 Å². The quantitative estimate of drug-likeness (QED) is 0.320. The average Bonchev–Trinajstić information content (AvgIpc) is 3.48. The summed E-state index contributed by atoms with van der Waals surface area (Å²) in [6, 6.07) is 9.55. The van der Waals surface area contributed by atoms with Crippen molar-refractivity contribution in [3.05, 3.63) is 74.8 Å². The molecule has 1 saturated heterocycles. The summed E-state index contributed by atoms with van der Waals surface area (Å²) < 4.78 is 33.7. The summed E-state index contributed by atoms with van der Waals surface area (Å²) in [5.41, 5.74) is 2.90. The number of rotatable bonds is 7. The Morgan fingerprint density at radius 1 is 1.20 bits per heavy atom. The lowest BCUT2D eigenvalue weighted by Crippen LogP contribution is -2.43. The van der Waals surface area contributed by atoms with Gasteiger partial charge >= 0.3 is 0 Å². The largest absolute Gasteiger partial charge is 0.497 e. The zero-order chi connectivity index (χ0) is 27.8. The van der Waals surface area contributed by atoms with Crippen LogP contribution in [0.15, 0.2) is 36.4 Å². The Morgan fingerprint density at radius 3 is 2.77 bits per heavy atom. The number of ether oxygens (including phenoxy) is 3. The van der Waals surface area contributed by atoms with Crippen molar-refractivity contribution in [1.82, 2.24) is 24.4 Å². The molecule has 1 atom stereocenters. The summed E-state index contributed by atoms with van der Waals surface area (Å²) in [6.45, 7) is 5.98. The van der Waals surface area contributed by atoms with Crippen LogP contribution in [0.2, 0.25) is 5.02 Å². The van der Waals surface area contributed by atoms with Crippen LogP contribution in [0.5, 0.6) is 11.5 Å². The van der Waals surface area contributed by atoms with Gasteiger partial charge in [-0.1, -0.05) is 29.0 Å². The van der Waals surface area contributed by atoms with Crippen LogP contribution in [0.1, 0.15) is 33.6 Å². The minimum atomic E-state index is -0.728. The number of amides is 1. The van der Waals surface area contributed by atoms with Crippen molar-refractivity contribution < 1.29 is 23.4 Å². The van der Waals surface area contributed by atoms with Crippen LogP contribution in [-0.4, -0.2) is 76.9 Å². The lowest BCUT2D eigenvalue weighted by Gasteiger charge is -2.35. The van der Waals surface area contributed by atoms with Gasteiger partial charge in [-0.15, -0.1) is 0 Å². The van der Waals surface area contributed by atoms with Crippen molar-refractivity contribution in [2.45, 2.75) is 25.9 Å². The standard InChI is InChI=1S/C28H29ClFN5O4S/c1-17-32-35-27-23(31-28(35)40-17)7-8-34(26(27)20-5-4-19(37-2)14-22(20)30)25(36)16-39-24-6-3-18(13-21(24)29)15-33-9-11-38-12-10-33/h3-6,13-14,26H,7-12,15-16H2,1-2H3. The maximum Gasteiger partial charge on any atom is 0.261 e. The van der Waals surface area contributed by atoms with Crippen LogP contribution in [0, 0.1) is 12.7 Å². The number of hydrogen-bond acceptors (Lipinski definition) is 8. The molecule has 4 heterocycles. The van der Waals surface area contributed by atoms with E-state index in [0.717, 1.165) is 54.1 Å². The van der Waals surface area contributed by atoms with E-state index in [0.29, 0.717) is 40.7 Å². The highest BCUT2D eigenvalue weighted by molar-refractivity contribution is 7.16. The number of hydrogen-bond donors (Lipinski definition) is 0. The van der Waals surface area contributed by atoms with E-state index >= 15 is 4.39 Å². The average molecular weight is 586 g/mol. The normalized spacial score (nSPS) is 17.7. The molecule has 1 fully saturated rings. The summed E-state index contributed by atoms with van der Waals surface area (Å²) in [5, 5.41) is 5.87. The number of fused-ring (bicyclic) bond motifs is 3. The van der Waals surface area contributed by atoms with Crippen molar-refractivity contribution in [2.75, 3.05) is 46.6 Å². The fraction of sp³-hybridized carbons (Fsp3) is 0.393. The van der Waals surface area contributed by atoms with Gasteiger partial charge in [0.1, 0.15) is 28.4 Å². The van der Waals surface area contributed by atoms with Gasteiger partial charge in [-0.25, -0.2) is 13.9 Å². The van der Waals surface area contributed by atoms with Crippen molar-refractivity contribution >= 4 is 33.8 Å². The van der Waals surface area contributed by atoms with E-state index in [1.807, 2.05) is 19.1 Å². The van der Waals surface area contributed by atoms with E-state index in [1.165, 1.54) is 24.5 Å². The molecular formula is C28H29ClFN5O4S. The molecule has 9 nitrogen and oxygen atoms in total. The first-order chi connectivity index (χ1) is 19.4. The predicted molar refractivity (Wildman–Crippen MR) is 149 cm³/mol. The summed E-state index contributed by atoms with van der Waals surface area (Å²) in [7, 11) is 1.49. The molecule has 40 heavy (non-hydrogen) atoms. The molecule has 1 amide bonds. The Bertz CT molecular complexity index is 1550. The van der Waals surface area contributed by atoms with Gasteiger partial charge in [0.15, 0.2) is 6.61 Å². The fourth-order valence-electron chi connectivity index (χ4n) is 5.30. The Balaban J connectivity index is 1.25. The highest BCUT2D eigenvalue weighted by Crippen LogP contribution is 2.38. The predicted octanol–water partition coefficient (Wildman–Crippen LogP) is 4.29. The first-order valence-corrected chi connectivity index (χ1v) is 14.3. The summed E-state index contributed by atoms with van der Waals surface area (Å²) in [4.78, 5) is 23.0. The van der Waals surface area contributed by atoms with Crippen molar-refractivity contribution in [3.63, 3.8) is 0 Å². The number of imidazole rings is 1. The molecular weight excluding hydrogens is 557 g/mol. The van der Waals surface area contributed by atoms with Crippen LogP contribution in [0.25, 0.3) is 4.96 Å². The second-order valence-electron chi connectivity index (χ2n) is 9.83. The van der Waals surface area contributed by atoms with Gasteiger partial charge in [0.05, 0.1) is 36.7 Å². The molecule has 0 aliphatic carbocycles. The first-order valence-electron chi connectivity index (χ1n) is 13.1. The molecule has 2 aromatic carbocycles. The Labute approximate surface area is 240 Å². The van der Waals surface area contributed by atoms with Gasteiger partial charge in [0.25, 0.3) is 5.91 Å². The Morgan fingerprint density at radius 2 is 2.02 bits per heavy atom. The second-order valence-corrected chi connectivity index (χ2v) is 11.4. The molecule has 0 saturated carbocycles. The Kier molecular flexibility index (Phi) is 7.63. The second kappa shape index (κ2) is 11.3. The zero-order valence-electron chi connectivity index (χ0n) is 22.2. The smallest absolute Gasteiger partial charge is 0.261 e. The fourth-order valence-corrected chi connectivity index (χ4v) is 6.33. The highest BCUT2D eigenvalue weighted by Gasteiger charge is 2.38. The molecule has 210 valence electrons. The third kappa shape index (κ3) is 5.26. The van der Waals surface area contributed by atoms with Crippen LogP contribution < -0.4 is 9.47 Å². The van der Waals surface area contributed by atoms with E-state index in [-0.39, 0.29) is 12.5 Å². The number of nitrogens with zero attached hydrogens (tertiary/aromatic N) is 5. The molecule has 1 unspecified atom stereocenters. The van der Waals surface area contributed by atoms with Crippen LogP contribution in [-0.2, 0) is 22.5 Å². The molecule has 4 aromatic rings. The minimum Gasteiger partial charge on any atom is -0.497 e. The van der Waals surface area contributed by atoms with E-state index < -0.39 is 11.9 Å². The molecule has 2 aliphatic heterocycles. The third-order valence-corrected chi connectivity index (χ3v) is 8.37. The summed E-state index contributed by atoms with van der Waals surface area (Å²) >= 11 is 8.00. The highest BCUT2D eigenvalue weighted by atomic mass is 35.5. The molecule has 2 aromatic heterocycles. The van der Waals surface area contributed by atoms with Crippen LogP contribution >= 0.6 is 22.9 Å². The van der Waals surface area contributed by atoms with Gasteiger partial charge in [0.2, 0.25) is 4.96 Å². The Hall–Kier alpha value is -3.25. The maximum atomic E-state index is 15.4. The number of carbonyl (C=O) groups is 1. The van der Waals surface area contributed by atoms with E-state index in [2.05, 4.69) is 10.00 Å². The maximum absolute atomic E-state index is 15.4. The van der Waals surface area contributed by atoms with Crippen LogP contribution in [0.4, 0.5) is 4.39 Å². The number of morpholine rings is 1. The zero-order valence-corrected chi connectivity index (χ0v) is 23.8. The van der Waals surface area contributed by atoms with Gasteiger partial charge in [-0.3, -0.25) is 9.69 Å². The van der Waals surface area contributed by atoms with Crippen molar-refractivity contribution in [2.24, 2.45) is 0 Å². The molecule has 0 N–H and O–H groups in total. The van der Waals surface area contributed by atoms with Gasteiger partial charge in [-0.05, 0) is 36.8 Å². The molecule has 12 heteroatoms. The summed E-state index contributed by atoms with van der Waals surface area (Å²) in [6.07, 6.45) is 0.529. The number of halogens is 2. The number of benzene rings is 2. The monoisotopic (exact) mass is 585 g/mol. The molecule has 0 bridgehead atoms. The number of aromatic nitrogens is 3. The minimum absolute atomic E-state index is 0.246.